The first-order valence-corrected chi connectivity index (χ1v) is 11.7. The van der Waals surface area contributed by atoms with Crippen molar-refractivity contribution < 1.29 is 4.79 Å². The number of thioether (sulfide) groups is 1. The van der Waals surface area contributed by atoms with Crippen LogP contribution in [0.1, 0.15) is 0 Å². The molecule has 0 heterocycles. The van der Waals surface area contributed by atoms with Crippen LogP contribution in [0.4, 0.5) is 17.1 Å². The average Bonchev–Trinajstić information content (AvgIpc) is 2.73. The molecule has 10 heteroatoms. The SMILES string of the molecule is O=C(CSc1ccccc1NC(=S)Nc1ccc(Cl)c(Cl)c1)Nc1ccc(Cl)c(Cl)c1. The van der Waals surface area contributed by atoms with Gasteiger partial charge in [0.05, 0.1) is 31.5 Å². The zero-order chi connectivity index (χ0) is 22.4. The molecule has 3 aromatic rings. The normalized spacial score (nSPS) is 10.5. The quantitative estimate of drug-likeness (QED) is 0.224. The van der Waals surface area contributed by atoms with E-state index in [1.807, 2.05) is 24.3 Å². The van der Waals surface area contributed by atoms with E-state index in [2.05, 4.69) is 16.0 Å². The van der Waals surface area contributed by atoms with Crippen LogP contribution in [0.15, 0.2) is 65.6 Å². The van der Waals surface area contributed by atoms with Gasteiger partial charge in [0.25, 0.3) is 0 Å². The first-order chi connectivity index (χ1) is 14.8. The number of amides is 1. The number of hydrogen-bond acceptors (Lipinski definition) is 3. The Kier molecular flexibility index (Phi) is 8.72. The third kappa shape index (κ3) is 7.17. The van der Waals surface area contributed by atoms with Crippen LogP contribution in [0.3, 0.4) is 0 Å². The Morgan fingerprint density at radius 1 is 0.774 bits per heavy atom. The van der Waals surface area contributed by atoms with E-state index in [1.165, 1.54) is 11.8 Å². The lowest BCUT2D eigenvalue weighted by atomic mass is 10.3. The molecular formula is C21H15Cl4N3OS2. The van der Waals surface area contributed by atoms with Crippen LogP contribution in [0, 0.1) is 0 Å². The first-order valence-electron chi connectivity index (χ1n) is 8.81. The Labute approximate surface area is 209 Å². The van der Waals surface area contributed by atoms with Crippen LogP contribution >= 0.6 is 70.4 Å². The van der Waals surface area contributed by atoms with Crippen LogP contribution in [0.25, 0.3) is 0 Å². The van der Waals surface area contributed by atoms with Crippen molar-refractivity contribution in [1.82, 2.24) is 0 Å². The molecule has 0 radical (unpaired) electrons. The standard InChI is InChI=1S/C21H15Cl4N3OS2/c22-14-7-5-12(9-16(14)24)26-20(29)11-31-19-4-2-1-3-18(19)28-21(30)27-13-6-8-15(23)17(25)10-13/h1-10H,11H2,(H,26,29)(H2,27,28,30). The number of carbonyl (C=O) groups excluding carboxylic acids is 1. The number of benzene rings is 3. The molecule has 3 rings (SSSR count). The van der Waals surface area contributed by atoms with Crippen molar-refractivity contribution in [2.24, 2.45) is 0 Å². The van der Waals surface area contributed by atoms with Crippen LogP contribution in [-0.4, -0.2) is 16.8 Å². The second-order valence-electron chi connectivity index (χ2n) is 6.17. The molecule has 0 saturated carbocycles. The van der Waals surface area contributed by atoms with Gasteiger partial charge in [-0.15, -0.1) is 11.8 Å². The average molecular weight is 531 g/mol. The van der Waals surface area contributed by atoms with E-state index in [1.54, 1.807) is 36.4 Å². The highest BCUT2D eigenvalue weighted by molar-refractivity contribution is 8.00. The van der Waals surface area contributed by atoms with E-state index in [9.17, 15) is 4.79 Å². The molecule has 31 heavy (non-hydrogen) atoms. The lowest BCUT2D eigenvalue weighted by Gasteiger charge is -2.14. The highest BCUT2D eigenvalue weighted by atomic mass is 35.5. The van der Waals surface area contributed by atoms with Crippen molar-refractivity contribution in [2.45, 2.75) is 4.90 Å². The van der Waals surface area contributed by atoms with E-state index in [4.69, 9.17) is 58.6 Å². The molecule has 0 atom stereocenters. The van der Waals surface area contributed by atoms with Crippen molar-refractivity contribution in [3.63, 3.8) is 0 Å². The van der Waals surface area contributed by atoms with Crippen LogP contribution in [-0.2, 0) is 4.79 Å². The monoisotopic (exact) mass is 529 g/mol. The summed E-state index contributed by atoms with van der Waals surface area (Å²) in [6.07, 6.45) is 0. The first kappa shape index (κ1) is 24.0. The van der Waals surface area contributed by atoms with Gasteiger partial charge in [-0.2, -0.15) is 0 Å². The van der Waals surface area contributed by atoms with Gasteiger partial charge < -0.3 is 16.0 Å². The predicted octanol–water partition coefficient (Wildman–Crippen LogP) is 7.84. The molecule has 0 fully saturated rings. The minimum Gasteiger partial charge on any atom is -0.332 e. The maximum absolute atomic E-state index is 12.3. The van der Waals surface area contributed by atoms with Crippen LogP contribution in [0.2, 0.25) is 20.1 Å². The fraction of sp³-hybridized carbons (Fsp3) is 0.0476. The van der Waals surface area contributed by atoms with Gasteiger partial charge in [-0.25, -0.2) is 0 Å². The van der Waals surface area contributed by atoms with Gasteiger partial charge >= 0.3 is 0 Å². The summed E-state index contributed by atoms with van der Waals surface area (Å²) >= 11 is 30.6. The molecule has 0 unspecified atom stereocenters. The second kappa shape index (κ2) is 11.3. The Balaban J connectivity index is 1.59. The number of halogens is 4. The maximum Gasteiger partial charge on any atom is 0.234 e. The van der Waals surface area contributed by atoms with Crippen molar-refractivity contribution in [2.75, 3.05) is 21.7 Å². The topological polar surface area (TPSA) is 53.2 Å². The summed E-state index contributed by atoms with van der Waals surface area (Å²) in [5, 5.41) is 11.1. The summed E-state index contributed by atoms with van der Waals surface area (Å²) in [6.45, 7) is 0. The fourth-order valence-corrected chi connectivity index (χ4v) is 4.10. The lowest BCUT2D eigenvalue weighted by Crippen LogP contribution is -2.19. The number of rotatable bonds is 6. The van der Waals surface area contributed by atoms with Gasteiger partial charge in [0, 0.05) is 16.3 Å². The Morgan fingerprint density at radius 3 is 1.97 bits per heavy atom. The number of hydrogen-bond donors (Lipinski definition) is 3. The second-order valence-corrected chi connectivity index (χ2v) is 9.22. The summed E-state index contributed by atoms with van der Waals surface area (Å²) in [4.78, 5) is 13.2. The van der Waals surface area contributed by atoms with E-state index in [-0.39, 0.29) is 11.7 Å². The molecule has 160 valence electrons. The fourth-order valence-electron chi connectivity index (χ4n) is 2.47. The molecule has 0 aliphatic heterocycles. The number of carbonyl (C=O) groups is 1. The minimum atomic E-state index is -0.172. The molecule has 0 spiro atoms. The highest BCUT2D eigenvalue weighted by Gasteiger charge is 2.10. The number of anilines is 3. The Hall–Kier alpha value is -1.67. The molecule has 0 bridgehead atoms. The van der Waals surface area contributed by atoms with Gasteiger partial charge in [0.15, 0.2) is 5.11 Å². The summed E-state index contributed by atoms with van der Waals surface area (Å²) < 4.78 is 0. The molecular weight excluding hydrogens is 516 g/mol. The van der Waals surface area contributed by atoms with Crippen molar-refractivity contribution in [1.29, 1.82) is 0 Å². The van der Waals surface area contributed by atoms with E-state index < -0.39 is 0 Å². The third-order valence-corrected chi connectivity index (χ3v) is 6.63. The van der Waals surface area contributed by atoms with E-state index in [0.717, 1.165) is 10.6 Å². The van der Waals surface area contributed by atoms with Gasteiger partial charge in [0.1, 0.15) is 0 Å². The summed E-state index contributed by atoms with van der Waals surface area (Å²) in [6, 6.07) is 17.6. The molecule has 4 nitrogen and oxygen atoms in total. The lowest BCUT2D eigenvalue weighted by molar-refractivity contribution is -0.113. The van der Waals surface area contributed by atoms with E-state index >= 15 is 0 Å². The van der Waals surface area contributed by atoms with Crippen molar-refractivity contribution in [3.8, 4) is 0 Å². The highest BCUT2D eigenvalue weighted by Crippen LogP contribution is 2.29. The number of para-hydroxylation sites is 1. The van der Waals surface area contributed by atoms with Crippen LogP contribution < -0.4 is 16.0 Å². The number of thiocarbonyl (C=S) groups is 1. The van der Waals surface area contributed by atoms with Crippen molar-refractivity contribution in [3.05, 3.63) is 80.8 Å². The van der Waals surface area contributed by atoms with Gasteiger partial charge in [-0.05, 0) is 60.7 Å². The largest absolute Gasteiger partial charge is 0.332 e. The Morgan fingerprint density at radius 2 is 1.35 bits per heavy atom. The van der Waals surface area contributed by atoms with Gasteiger partial charge in [-0.1, -0.05) is 58.5 Å². The Bertz CT molecular complexity index is 1130. The summed E-state index contributed by atoms with van der Waals surface area (Å²) in [7, 11) is 0. The van der Waals surface area contributed by atoms with Gasteiger partial charge in [0.2, 0.25) is 5.91 Å². The molecule has 3 aromatic carbocycles. The van der Waals surface area contributed by atoms with Crippen molar-refractivity contribution >= 4 is 98.5 Å². The molecule has 0 aromatic heterocycles. The minimum absolute atomic E-state index is 0.172. The zero-order valence-corrected chi connectivity index (χ0v) is 20.4. The molecule has 0 aliphatic carbocycles. The molecule has 0 aliphatic rings. The number of nitrogens with one attached hydrogen (secondary N) is 3. The molecule has 3 N–H and O–H groups in total. The smallest absolute Gasteiger partial charge is 0.234 e. The van der Waals surface area contributed by atoms with E-state index in [0.29, 0.717) is 36.6 Å². The maximum atomic E-state index is 12.3. The summed E-state index contributed by atoms with van der Waals surface area (Å²) in [5.74, 6) is 0.0287. The zero-order valence-electron chi connectivity index (χ0n) is 15.7. The predicted molar refractivity (Wildman–Crippen MR) is 139 cm³/mol. The molecule has 0 saturated heterocycles. The van der Waals surface area contributed by atoms with Gasteiger partial charge in [-0.3, -0.25) is 4.79 Å². The van der Waals surface area contributed by atoms with Crippen LogP contribution in [0.5, 0.6) is 0 Å². The molecule has 1 amide bonds. The summed E-state index contributed by atoms with van der Waals surface area (Å²) in [5.41, 5.74) is 2.06. The third-order valence-electron chi connectivity index (χ3n) is 3.87.